The highest BCUT2D eigenvalue weighted by atomic mass is 16.5. The van der Waals surface area contributed by atoms with Crippen LogP contribution < -0.4 is 0 Å². The molecule has 0 amide bonds. The molecule has 0 radical (unpaired) electrons. The van der Waals surface area contributed by atoms with Gasteiger partial charge < -0.3 is 9.84 Å². The van der Waals surface area contributed by atoms with Crippen LogP contribution in [-0.2, 0) is 14.3 Å². The van der Waals surface area contributed by atoms with Gasteiger partial charge in [0, 0.05) is 6.92 Å². The molecule has 0 saturated carbocycles. The molecule has 0 aromatic rings. The van der Waals surface area contributed by atoms with E-state index in [2.05, 4.69) is 17.9 Å². The number of methoxy groups -OCH3 is 1. The lowest BCUT2D eigenvalue weighted by atomic mass is 10.3. The molecule has 0 unspecified atom stereocenters. The molecule has 0 aliphatic rings. The number of rotatable bonds is 2. The number of esters is 1. The van der Waals surface area contributed by atoms with Crippen LogP contribution in [0, 0.1) is 0 Å². The third-order valence-electron chi connectivity index (χ3n) is 0.694. The Hall–Kier alpha value is -1.58. The summed E-state index contributed by atoms with van der Waals surface area (Å²) in [6, 6.07) is 0. The van der Waals surface area contributed by atoms with Crippen molar-refractivity contribution in [2.24, 2.45) is 0 Å². The monoisotopic (exact) mass is 172 g/mol. The molecule has 4 nitrogen and oxygen atoms in total. The standard InChI is InChI=1S/C6H8O2.C2H4O2/c1-4-5(2)6(7)8-3;1-2(3)4/h4H,1-2H2,3H3;1H3,(H,3,4). The van der Waals surface area contributed by atoms with E-state index in [4.69, 9.17) is 9.90 Å². The van der Waals surface area contributed by atoms with Crippen LogP contribution in [0.5, 0.6) is 0 Å². The Morgan fingerprint density at radius 2 is 1.83 bits per heavy atom. The van der Waals surface area contributed by atoms with Crippen LogP contribution in [-0.4, -0.2) is 24.2 Å². The van der Waals surface area contributed by atoms with E-state index in [1.807, 2.05) is 0 Å². The fourth-order valence-corrected chi connectivity index (χ4v) is 0.214. The van der Waals surface area contributed by atoms with Gasteiger partial charge in [0.1, 0.15) is 0 Å². The molecule has 0 aliphatic carbocycles. The second-order valence-electron chi connectivity index (χ2n) is 1.74. The molecule has 12 heavy (non-hydrogen) atoms. The first-order valence-corrected chi connectivity index (χ1v) is 3.04. The lowest BCUT2D eigenvalue weighted by Crippen LogP contribution is -1.99. The predicted octanol–water partition coefficient (Wildman–Crippen LogP) is 0.992. The topological polar surface area (TPSA) is 63.6 Å². The van der Waals surface area contributed by atoms with Gasteiger partial charge in [-0.15, -0.1) is 0 Å². The van der Waals surface area contributed by atoms with E-state index in [0.717, 1.165) is 6.92 Å². The molecule has 0 aromatic carbocycles. The Bertz CT molecular complexity index is 189. The maximum atomic E-state index is 10.3. The van der Waals surface area contributed by atoms with Gasteiger partial charge in [0.25, 0.3) is 5.97 Å². The molecule has 0 bridgehead atoms. The zero-order valence-electron chi connectivity index (χ0n) is 7.16. The Labute approximate surface area is 71.2 Å². The van der Waals surface area contributed by atoms with Gasteiger partial charge in [-0.1, -0.05) is 19.2 Å². The average molecular weight is 172 g/mol. The van der Waals surface area contributed by atoms with Gasteiger partial charge in [-0.3, -0.25) is 4.79 Å². The molecule has 0 heterocycles. The van der Waals surface area contributed by atoms with Crippen molar-refractivity contribution in [3.8, 4) is 0 Å². The number of hydrogen-bond acceptors (Lipinski definition) is 3. The van der Waals surface area contributed by atoms with Crippen molar-refractivity contribution < 1.29 is 19.4 Å². The molecule has 0 fully saturated rings. The summed E-state index contributed by atoms with van der Waals surface area (Å²) in [4.78, 5) is 19.3. The highest BCUT2D eigenvalue weighted by Crippen LogP contribution is 1.91. The van der Waals surface area contributed by atoms with E-state index >= 15 is 0 Å². The number of carboxylic acids is 1. The molecular formula is C8H12O4. The lowest BCUT2D eigenvalue weighted by Gasteiger charge is -1.92. The summed E-state index contributed by atoms with van der Waals surface area (Å²) >= 11 is 0. The van der Waals surface area contributed by atoms with Gasteiger partial charge in [0.05, 0.1) is 12.7 Å². The van der Waals surface area contributed by atoms with Crippen LogP contribution in [0.3, 0.4) is 0 Å². The van der Waals surface area contributed by atoms with E-state index in [0.29, 0.717) is 0 Å². The Balaban J connectivity index is 0. The molecule has 0 spiro atoms. The fraction of sp³-hybridized carbons (Fsp3) is 0.250. The predicted molar refractivity (Wildman–Crippen MR) is 44.7 cm³/mol. The molecule has 1 N–H and O–H groups in total. The molecule has 0 aromatic heterocycles. The number of carbonyl (C=O) groups excluding carboxylic acids is 1. The van der Waals surface area contributed by atoms with Gasteiger partial charge in [-0.05, 0) is 0 Å². The largest absolute Gasteiger partial charge is 0.481 e. The molecule has 0 aliphatic heterocycles. The zero-order valence-corrected chi connectivity index (χ0v) is 7.16. The second kappa shape index (κ2) is 7.53. The fourth-order valence-electron chi connectivity index (χ4n) is 0.214. The summed E-state index contributed by atoms with van der Waals surface area (Å²) in [7, 11) is 1.30. The zero-order chi connectivity index (χ0) is 10.1. The lowest BCUT2D eigenvalue weighted by molar-refractivity contribution is -0.136. The van der Waals surface area contributed by atoms with Crippen molar-refractivity contribution >= 4 is 11.9 Å². The molecule has 0 atom stereocenters. The third kappa shape index (κ3) is 11.2. The molecule has 4 heteroatoms. The van der Waals surface area contributed by atoms with Crippen molar-refractivity contribution in [3.63, 3.8) is 0 Å². The Morgan fingerprint density at radius 3 is 1.92 bits per heavy atom. The van der Waals surface area contributed by atoms with Crippen molar-refractivity contribution in [2.75, 3.05) is 7.11 Å². The van der Waals surface area contributed by atoms with Crippen molar-refractivity contribution in [3.05, 3.63) is 24.8 Å². The van der Waals surface area contributed by atoms with Gasteiger partial charge in [-0.25, -0.2) is 4.79 Å². The van der Waals surface area contributed by atoms with Gasteiger partial charge in [-0.2, -0.15) is 0 Å². The van der Waals surface area contributed by atoms with E-state index in [1.165, 1.54) is 13.2 Å². The van der Waals surface area contributed by atoms with Gasteiger partial charge >= 0.3 is 5.97 Å². The van der Waals surface area contributed by atoms with Crippen LogP contribution in [0.25, 0.3) is 0 Å². The van der Waals surface area contributed by atoms with Crippen LogP contribution >= 0.6 is 0 Å². The summed E-state index contributed by atoms with van der Waals surface area (Å²) in [6.45, 7) is 7.76. The maximum Gasteiger partial charge on any atom is 0.337 e. The van der Waals surface area contributed by atoms with E-state index in [9.17, 15) is 4.79 Å². The quantitative estimate of drug-likeness (QED) is 0.383. The molecule has 68 valence electrons. The second-order valence-corrected chi connectivity index (χ2v) is 1.74. The first-order chi connectivity index (χ1) is 5.45. The van der Waals surface area contributed by atoms with Crippen molar-refractivity contribution in [1.29, 1.82) is 0 Å². The van der Waals surface area contributed by atoms with E-state index in [-0.39, 0.29) is 5.57 Å². The van der Waals surface area contributed by atoms with Crippen molar-refractivity contribution in [2.45, 2.75) is 6.92 Å². The SMILES string of the molecule is C=CC(=C)C(=O)OC.CC(=O)O. The number of aliphatic carboxylic acids is 1. The Morgan fingerprint density at radius 1 is 1.50 bits per heavy atom. The number of ether oxygens (including phenoxy) is 1. The Kier molecular flexibility index (Phi) is 8.18. The van der Waals surface area contributed by atoms with Crippen LogP contribution in [0.2, 0.25) is 0 Å². The average Bonchev–Trinajstić information content (AvgIpc) is 2.00. The third-order valence-corrected chi connectivity index (χ3v) is 0.694. The first kappa shape index (κ1) is 13.0. The van der Waals surface area contributed by atoms with Crippen molar-refractivity contribution in [1.82, 2.24) is 0 Å². The van der Waals surface area contributed by atoms with Crippen LogP contribution in [0.1, 0.15) is 6.92 Å². The summed E-state index contributed by atoms with van der Waals surface area (Å²) in [5, 5.41) is 7.42. The summed E-state index contributed by atoms with van der Waals surface area (Å²) in [5.41, 5.74) is 0.285. The normalized spacial score (nSPS) is 7.17. The highest BCUT2D eigenvalue weighted by Gasteiger charge is 1.98. The molecule has 0 rings (SSSR count). The highest BCUT2D eigenvalue weighted by molar-refractivity contribution is 5.90. The van der Waals surface area contributed by atoms with Crippen LogP contribution in [0.15, 0.2) is 24.8 Å². The smallest absolute Gasteiger partial charge is 0.337 e. The minimum absolute atomic E-state index is 0.285. The summed E-state index contributed by atoms with van der Waals surface area (Å²) in [6.07, 6.45) is 1.35. The van der Waals surface area contributed by atoms with E-state index < -0.39 is 11.9 Å². The first-order valence-electron chi connectivity index (χ1n) is 3.04. The summed E-state index contributed by atoms with van der Waals surface area (Å²) in [5.74, 6) is -1.26. The number of hydrogen-bond donors (Lipinski definition) is 1. The summed E-state index contributed by atoms with van der Waals surface area (Å²) < 4.78 is 4.29. The number of carbonyl (C=O) groups is 2. The minimum Gasteiger partial charge on any atom is -0.481 e. The van der Waals surface area contributed by atoms with Crippen LogP contribution in [0.4, 0.5) is 0 Å². The minimum atomic E-state index is -0.833. The maximum absolute atomic E-state index is 10.3. The molecular weight excluding hydrogens is 160 g/mol. The van der Waals surface area contributed by atoms with Gasteiger partial charge in [0.2, 0.25) is 0 Å². The van der Waals surface area contributed by atoms with Gasteiger partial charge in [0.15, 0.2) is 0 Å². The van der Waals surface area contributed by atoms with E-state index in [1.54, 1.807) is 0 Å². The molecule has 0 saturated heterocycles. The number of carboxylic acid groups (broad SMARTS) is 1.